The maximum absolute atomic E-state index is 11.3. The van der Waals surface area contributed by atoms with Gasteiger partial charge in [-0.15, -0.1) is 0 Å². The van der Waals surface area contributed by atoms with Crippen LogP contribution >= 0.6 is 11.6 Å². The van der Waals surface area contributed by atoms with E-state index >= 15 is 0 Å². The third kappa shape index (κ3) is 2.07. The Kier molecular flexibility index (Phi) is 2.46. The number of carbonyl (C=O) groups is 1. The highest BCUT2D eigenvalue weighted by molar-refractivity contribution is 6.31. The van der Waals surface area contributed by atoms with Crippen LogP contribution in [0.4, 0.5) is 0 Å². The second-order valence-corrected chi connectivity index (χ2v) is 4.00. The second kappa shape index (κ2) is 3.61. The van der Waals surface area contributed by atoms with Crippen LogP contribution in [-0.4, -0.2) is 15.7 Å². The highest BCUT2D eigenvalue weighted by Gasteiger charge is 2.29. The molecule has 1 aromatic rings. The van der Waals surface area contributed by atoms with Crippen molar-refractivity contribution in [1.82, 2.24) is 15.1 Å². The van der Waals surface area contributed by atoms with Gasteiger partial charge in [0.05, 0.1) is 11.6 Å². The summed E-state index contributed by atoms with van der Waals surface area (Å²) in [5.41, 5.74) is 0.725. The fourth-order valence-corrected chi connectivity index (χ4v) is 1.53. The van der Waals surface area contributed by atoms with Crippen molar-refractivity contribution >= 4 is 17.5 Å². The van der Waals surface area contributed by atoms with E-state index < -0.39 is 0 Å². The molecule has 0 aromatic carbocycles. The van der Waals surface area contributed by atoms with Crippen molar-refractivity contribution in [2.45, 2.75) is 19.4 Å². The van der Waals surface area contributed by atoms with Gasteiger partial charge in [-0.25, -0.2) is 0 Å². The lowest BCUT2D eigenvalue weighted by Crippen LogP contribution is -2.24. The van der Waals surface area contributed by atoms with Gasteiger partial charge < -0.3 is 5.32 Å². The van der Waals surface area contributed by atoms with Crippen LogP contribution in [0.15, 0.2) is 6.20 Å². The molecule has 2 rings (SSSR count). The van der Waals surface area contributed by atoms with E-state index in [0.717, 1.165) is 18.5 Å². The number of carbonyl (C=O) groups excluding carboxylic acids is 1. The molecule has 1 amide bonds. The number of amides is 1. The summed E-state index contributed by atoms with van der Waals surface area (Å²) in [5, 5.41) is 7.55. The van der Waals surface area contributed by atoms with Crippen LogP contribution in [0, 0.1) is 5.92 Å². The zero-order chi connectivity index (χ0) is 10.1. The largest absolute Gasteiger partial charge is 0.350 e. The summed E-state index contributed by atoms with van der Waals surface area (Å²) >= 11 is 5.89. The number of aryl methyl sites for hydroxylation is 1. The predicted molar refractivity (Wildman–Crippen MR) is 52.8 cm³/mol. The highest BCUT2D eigenvalue weighted by atomic mass is 35.5. The van der Waals surface area contributed by atoms with E-state index in [1.165, 1.54) is 0 Å². The SMILES string of the molecule is Cn1cc(Cl)c(CNC(=O)C2CC2)n1. The van der Waals surface area contributed by atoms with E-state index in [0.29, 0.717) is 11.6 Å². The summed E-state index contributed by atoms with van der Waals surface area (Å²) < 4.78 is 1.64. The molecule has 4 nitrogen and oxygen atoms in total. The molecule has 1 saturated carbocycles. The lowest BCUT2D eigenvalue weighted by molar-refractivity contribution is -0.122. The first-order valence-electron chi connectivity index (χ1n) is 4.62. The van der Waals surface area contributed by atoms with E-state index in [4.69, 9.17) is 11.6 Å². The molecule has 0 saturated heterocycles. The molecule has 0 aliphatic heterocycles. The molecule has 1 N–H and O–H groups in total. The molecular formula is C9H12ClN3O. The molecule has 1 heterocycles. The fourth-order valence-electron chi connectivity index (χ4n) is 1.29. The Hall–Kier alpha value is -1.03. The molecule has 1 aliphatic carbocycles. The Morgan fingerprint density at radius 3 is 3.00 bits per heavy atom. The van der Waals surface area contributed by atoms with Gasteiger partial charge in [0.2, 0.25) is 5.91 Å². The Morgan fingerprint density at radius 2 is 2.50 bits per heavy atom. The summed E-state index contributed by atoms with van der Waals surface area (Å²) in [5.74, 6) is 0.351. The topological polar surface area (TPSA) is 46.9 Å². The molecule has 14 heavy (non-hydrogen) atoms. The summed E-state index contributed by atoms with van der Waals surface area (Å²) in [6, 6.07) is 0. The van der Waals surface area contributed by atoms with Gasteiger partial charge in [0.25, 0.3) is 0 Å². The predicted octanol–water partition coefficient (Wildman–Crippen LogP) is 1.10. The van der Waals surface area contributed by atoms with Gasteiger partial charge in [0.15, 0.2) is 0 Å². The van der Waals surface area contributed by atoms with Gasteiger partial charge >= 0.3 is 0 Å². The molecule has 76 valence electrons. The molecule has 1 aromatic heterocycles. The zero-order valence-corrected chi connectivity index (χ0v) is 8.71. The van der Waals surface area contributed by atoms with Gasteiger partial charge in [0, 0.05) is 19.2 Å². The van der Waals surface area contributed by atoms with Crippen LogP contribution in [0.2, 0.25) is 5.02 Å². The van der Waals surface area contributed by atoms with E-state index in [1.807, 2.05) is 0 Å². The molecular weight excluding hydrogens is 202 g/mol. The minimum Gasteiger partial charge on any atom is -0.350 e. The van der Waals surface area contributed by atoms with Gasteiger partial charge in [-0.3, -0.25) is 9.48 Å². The van der Waals surface area contributed by atoms with Crippen molar-refractivity contribution in [3.8, 4) is 0 Å². The third-order valence-corrected chi connectivity index (χ3v) is 2.55. The summed E-state index contributed by atoms with van der Waals surface area (Å²) in [6.07, 6.45) is 3.75. The average molecular weight is 214 g/mol. The first kappa shape index (κ1) is 9.52. The Bertz CT molecular complexity index is 357. The lowest BCUT2D eigenvalue weighted by Gasteiger charge is -2.00. The summed E-state index contributed by atoms with van der Waals surface area (Å²) in [7, 11) is 1.80. The van der Waals surface area contributed by atoms with Crippen molar-refractivity contribution in [3.05, 3.63) is 16.9 Å². The van der Waals surface area contributed by atoms with Gasteiger partial charge in [-0.2, -0.15) is 5.10 Å². The number of aromatic nitrogens is 2. The fraction of sp³-hybridized carbons (Fsp3) is 0.556. The molecule has 0 radical (unpaired) electrons. The number of rotatable bonds is 3. The van der Waals surface area contributed by atoms with Crippen LogP contribution in [0.1, 0.15) is 18.5 Å². The first-order valence-corrected chi connectivity index (χ1v) is 5.00. The number of hydrogen-bond acceptors (Lipinski definition) is 2. The van der Waals surface area contributed by atoms with Crippen molar-refractivity contribution < 1.29 is 4.79 Å². The van der Waals surface area contributed by atoms with E-state index in [9.17, 15) is 4.79 Å². The van der Waals surface area contributed by atoms with Crippen LogP contribution in [-0.2, 0) is 18.4 Å². The first-order chi connectivity index (χ1) is 6.66. The maximum Gasteiger partial charge on any atom is 0.223 e. The normalized spacial score (nSPS) is 15.6. The van der Waals surface area contributed by atoms with Gasteiger partial charge in [0.1, 0.15) is 5.69 Å². The molecule has 0 bridgehead atoms. The Labute approximate surface area is 87.2 Å². The quantitative estimate of drug-likeness (QED) is 0.818. The zero-order valence-electron chi connectivity index (χ0n) is 7.96. The molecule has 5 heteroatoms. The monoisotopic (exact) mass is 213 g/mol. The molecule has 1 aliphatic rings. The third-order valence-electron chi connectivity index (χ3n) is 2.23. The number of halogens is 1. The average Bonchev–Trinajstić information content (AvgIpc) is 2.90. The molecule has 0 unspecified atom stereocenters. The van der Waals surface area contributed by atoms with E-state index in [1.54, 1.807) is 17.9 Å². The van der Waals surface area contributed by atoms with Crippen molar-refractivity contribution in [2.24, 2.45) is 13.0 Å². The van der Waals surface area contributed by atoms with Gasteiger partial charge in [-0.1, -0.05) is 11.6 Å². The van der Waals surface area contributed by atoms with Crippen molar-refractivity contribution in [1.29, 1.82) is 0 Å². The molecule has 0 atom stereocenters. The second-order valence-electron chi connectivity index (χ2n) is 3.59. The summed E-state index contributed by atoms with van der Waals surface area (Å²) in [4.78, 5) is 11.3. The Morgan fingerprint density at radius 1 is 1.79 bits per heavy atom. The smallest absolute Gasteiger partial charge is 0.223 e. The van der Waals surface area contributed by atoms with Crippen LogP contribution in [0.3, 0.4) is 0 Å². The molecule has 1 fully saturated rings. The van der Waals surface area contributed by atoms with Crippen molar-refractivity contribution in [2.75, 3.05) is 0 Å². The van der Waals surface area contributed by atoms with Crippen LogP contribution in [0.5, 0.6) is 0 Å². The minimum absolute atomic E-state index is 0.117. The highest BCUT2D eigenvalue weighted by Crippen LogP contribution is 2.28. The van der Waals surface area contributed by atoms with E-state index in [-0.39, 0.29) is 11.8 Å². The molecule has 0 spiro atoms. The maximum atomic E-state index is 11.3. The van der Waals surface area contributed by atoms with Crippen LogP contribution < -0.4 is 5.32 Å². The number of hydrogen-bond donors (Lipinski definition) is 1. The number of nitrogens with zero attached hydrogens (tertiary/aromatic N) is 2. The number of nitrogens with one attached hydrogen (secondary N) is 1. The summed E-state index contributed by atoms with van der Waals surface area (Å²) in [6.45, 7) is 0.426. The standard InChI is InChI=1S/C9H12ClN3O/c1-13-5-7(10)8(12-13)4-11-9(14)6-2-3-6/h5-6H,2-4H2,1H3,(H,11,14). The minimum atomic E-state index is 0.117. The van der Waals surface area contributed by atoms with E-state index in [2.05, 4.69) is 10.4 Å². The van der Waals surface area contributed by atoms with Crippen LogP contribution in [0.25, 0.3) is 0 Å². The Balaban J connectivity index is 1.90. The van der Waals surface area contributed by atoms with Gasteiger partial charge in [-0.05, 0) is 12.8 Å². The lowest BCUT2D eigenvalue weighted by atomic mass is 10.3. The van der Waals surface area contributed by atoms with Crippen molar-refractivity contribution in [3.63, 3.8) is 0 Å².